The molecule has 0 radical (unpaired) electrons. The Morgan fingerprint density at radius 1 is 0.939 bits per heavy atom. The molecule has 11 heteroatoms. The van der Waals surface area contributed by atoms with Crippen molar-refractivity contribution in [1.82, 2.24) is 0 Å². The standard InChI is InChI=1S/C22H32O11/c1-22(2)29-10-13-19(33-22)15(25)17(27)21(31-13)32-18-12(8-23)30-20(16(26)14(18)24)28-9-11-6-4-3-5-7-11/h3-7,12-21,23-27H,8-10H2,1-2H3. The molecule has 3 aliphatic rings. The van der Waals surface area contributed by atoms with Crippen LogP contribution in [-0.2, 0) is 35.0 Å². The van der Waals surface area contributed by atoms with Gasteiger partial charge in [-0.2, -0.15) is 0 Å². The maximum atomic E-state index is 10.7. The van der Waals surface area contributed by atoms with Gasteiger partial charge in [0, 0.05) is 0 Å². The van der Waals surface area contributed by atoms with Gasteiger partial charge in [-0.05, 0) is 19.4 Å². The predicted octanol–water partition coefficient (Wildman–Crippen LogP) is -1.37. The van der Waals surface area contributed by atoms with E-state index in [-0.39, 0.29) is 13.2 Å². The fraction of sp³-hybridized carbons (Fsp3) is 0.727. The highest BCUT2D eigenvalue weighted by molar-refractivity contribution is 5.13. The summed E-state index contributed by atoms with van der Waals surface area (Å²) in [6, 6.07) is 9.20. The van der Waals surface area contributed by atoms with Crippen molar-refractivity contribution in [2.75, 3.05) is 13.2 Å². The lowest BCUT2D eigenvalue weighted by atomic mass is 9.96. The largest absolute Gasteiger partial charge is 0.394 e. The second-order valence-electron chi connectivity index (χ2n) is 8.92. The number of hydrogen-bond donors (Lipinski definition) is 5. The second-order valence-corrected chi connectivity index (χ2v) is 8.92. The van der Waals surface area contributed by atoms with E-state index in [9.17, 15) is 25.5 Å². The highest BCUT2D eigenvalue weighted by atomic mass is 16.8. The highest BCUT2D eigenvalue weighted by Crippen LogP contribution is 2.34. The van der Waals surface area contributed by atoms with Crippen molar-refractivity contribution in [3.05, 3.63) is 35.9 Å². The zero-order valence-electron chi connectivity index (χ0n) is 18.5. The lowest BCUT2D eigenvalue weighted by Crippen LogP contribution is -2.67. The zero-order valence-corrected chi connectivity index (χ0v) is 18.5. The topological polar surface area (TPSA) is 157 Å². The molecule has 0 amide bonds. The number of hydrogen-bond acceptors (Lipinski definition) is 11. The van der Waals surface area contributed by atoms with Gasteiger partial charge >= 0.3 is 0 Å². The average Bonchev–Trinajstić information content (AvgIpc) is 2.80. The lowest BCUT2D eigenvalue weighted by molar-refractivity contribution is -0.399. The van der Waals surface area contributed by atoms with Crippen LogP contribution < -0.4 is 0 Å². The molecular weight excluding hydrogens is 440 g/mol. The fourth-order valence-corrected chi connectivity index (χ4v) is 4.21. The van der Waals surface area contributed by atoms with Crippen LogP contribution in [0.15, 0.2) is 30.3 Å². The van der Waals surface area contributed by atoms with Crippen LogP contribution in [0.25, 0.3) is 0 Å². The van der Waals surface area contributed by atoms with Crippen LogP contribution in [0.3, 0.4) is 0 Å². The number of aliphatic hydroxyl groups excluding tert-OH is 5. The van der Waals surface area contributed by atoms with Gasteiger partial charge in [-0.1, -0.05) is 30.3 Å². The van der Waals surface area contributed by atoms with Crippen LogP contribution >= 0.6 is 0 Å². The molecule has 3 saturated heterocycles. The molecule has 5 N–H and O–H groups in total. The van der Waals surface area contributed by atoms with Crippen molar-refractivity contribution in [2.24, 2.45) is 0 Å². The van der Waals surface area contributed by atoms with Crippen LogP contribution in [0.5, 0.6) is 0 Å². The first-order valence-corrected chi connectivity index (χ1v) is 11.0. The van der Waals surface area contributed by atoms with E-state index in [2.05, 4.69) is 0 Å². The molecule has 10 unspecified atom stereocenters. The number of benzene rings is 1. The van der Waals surface area contributed by atoms with Crippen molar-refractivity contribution in [3.63, 3.8) is 0 Å². The molecule has 3 fully saturated rings. The minimum absolute atomic E-state index is 0.0898. The molecule has 0 spiro atoms. The first-order chi connectivity index (χ1) is 15.7. The van der Waals surface area contributed by atoms with Gasteiger partial charge < -0.3 is 54.0 Å². The second kappa shape index (κ2) is 10.2. The van der Waals surface area contributed by atoms with Crippen LogP contribution in [0.2, 0.25) is 0 Å². The van der Waals surface area contributed by atoms with Crippen molar-refractivity contribution >= 4 is 0 Å². The quantitative estimate of drug-likeness (QED) is 0.333. The van der Waals surface area contributed by atoms with Gasteiger partial charge in [0.2, 0.25) is 0 Å². The van der Waals surface area contributed by atoms with E-state index in [1.165, 1.54) is 0 Å². The molecule has 0 aliphatic carbocycles. The Bertz CT molecular complexity index is 758. The van der Waals surface area contributed by atoms with Crippen molar-refractivity contribution in [2.45, 2.75) is 87.7 Å². The number of rotatable bonds is 6. The Kier molecular flexibility index (Phi) is 7.68. The molecule has 0 saturated carbocycles. The van der Waals surface area contributed by atoms with E-state index in [1.54, 1.807) is 13.8 Å². The van der Waals surface area contributed by atoms with E-state index in [4.69, 9.17) is 28.4 Å². The maximum absolute atomic E-state index is 10.7. The van der Waals surface area contributed by atoms with Gasteiger partial charge in [-0.15, -0.1) is 0 Å². The fourth-order valence-electron chi connectivity index (χ4n) is 4.21. The summed E-state index contributed by atoms with van der Waals surface area (Å²) in [7, 11) is 0. The zero-order chi connectivity index (χ0) is 23.8. The van der Waals surface area contributed by atoms with Crippen LogP contribution in [0.4, 0.5) is 0 Å². The van der Waals surface area contributed by atoms with E-state index in [0.717, 1.165) is 5.56 Å². The van der Waals surface area contributed by atoms with Crippen LogP contribution in [0.1, 0.15) is 19.4 Å². The summed E-state index contributed by atoms with van der Waals surface area (Å²) in [5, 5.41) is 52.2. The molecule has 4 rings (SSSR count). The molecule has 11 nitrogen and oxygen atoms in total. The Morgan fingerprint density at radius 3 is 2.33 bits per heavy atom. The SMILES string of the molecule is CC1(C)OCC2OC(OC3C(CO)OC(OCc4ccccc4)C(O)C3O)C(O)C(O)C2O1. The van der Waals surface area contributed by atoms with E-state index in [0.29, 0.717) is 0 Å². The first-order valence-electron chi connectivity index (χ1n) is 11.0. The Balaban J connectivity index is 1.40. The van der Waals surface area contributed by atoms with Crippen LogP contribution in [0, 0.1) is 0 Å². The Morgan fingerprint density at radius 2 is 1.64 bits per heavy atom. The van der Waals surface area contributed by atoms with E-state index in [1.807, 2.05) is 30.3 Å². The number of ether oxygens (including phenoxy) is 6. The molecule has 0 bridgehead atoms. The molecule has 1 aromatic carbocycles. The number of fused-ring (bicyclic) bond motifs is 1. The summed E-state index contributed by atoms with van der Waals surface area (Å²) < 4.78 is 33.9. The number of aliphatic hydroxyl groups is 5. The van der Waals surface area contributed by atoms with E-state index >= 15 is 0 Å². The monoisotopic (exact) mass is 472 g/mol. The van der Waals surface area contributed by atoms with Gasteiger partial charge in [0.05, 0.1) is 19.8 Å². The lowest BCUT2D eigenvalue weighted by Gasteiger charge is -2.50. The summed E-state index contributed by atoms with van der Waals surface area (Å²) in [6.45, 7) is 3.02. The van der Waals surface area contributed by atoms with Gasteiger partial charge in [-0.25, -0.2) is 0 Å². The summed E-state index contributed by atoms with van der Waals surface area (Å²) >= 11 is 0. The third-order valence-corrected chi connectivity index (χ3v) is 6.02. The molecular formula is C22H32O11. The Hall–Kier alpha value is -1.22. The summed E-state index contributed by atoms with van der Waals surface area (Å²) in [6.07, 6.45) is -12.4. The molecule has 186 valence electrons. The Labute approximate surface area is 191 Å². The third-order valence-electron chi connectivity index (χ3n) is 6.02. The summed E-state index contributed by atoms with van der Waals surface area (Å²) in [4.78, 5) is 0. The van der Waals surface area contributed by atoms with Crippen LogP contribution in [-0.4, -0.2) is 106 Å². The summed E-state index contributed by atoms with van der Waals surface area (Å²) in [5.74, 6) is -0.951. The normalized spacial score (nSPS) is 43.1. The van der Waals surface area contributed by atoms with Crippen molar-refractivity contribution < 1.29 is 54.0 Å². The third kappa shape index (κ3) is 5.39. The molecule has 0 aromatic heterocycles. The smallest absolute Gasteiger partial charge is 0.187 e. The minimum atomic E-state index is -1.53. The minimum Gasteiger partial charge on any atom is -0.394 e. The molecule has 3 heterocycles. The molecule has 10 atom stereocenters. The predicted molar refractivity (Wildman–Crippen MR) is 109 cm³/mol. The average molecular weight is 472 g/mol. The van der Waals surface area contributed by atoms with E-state index < -0.39 is 73.8 Å². The highest BCUT2D eigenvalue weighted by Gasteiger charge is 2.53. The molecule has 3 aliphatic heterocycles. The van der Waals surface area contributed by atoms with Crippen molar-refractivity contribution in [3.8, 4) is 0 Å². The summed E-state index contributed by atoms with van der Waals surface area (Å²) in [5.41, 5.74) is 0.837. The van der Waals surface area contributed by atoms with Gasteiger partial charge in [0.25, 0.3) is 0 Å². The molecule has 33 heavy (non-hydrogen) atoms. The molecule has 1 aromatic rings. The van der Waals surface area contributed by atoms with Gasteiger partial charge in [0.1, 0.15) is 48.8 Å². The maximum Gasteiger partial charge on any atom is 0.187 e. The first kappa shape index (κ1) is 24.9. The van der Waals surface area contributed by atoms with Gasteiger partial charge in [0.15, 0.2) is 18.4 Å². The van der Waals surface area contributed by atoms with Crippen molar-refractivity contribution in [1.29, 1.82) is 0 Å². The van der Waals surface area contributed by atoms with Gasteiger partial charge in [-0.3, -0.25) is 0 Å².